The van der Waals surface area contributed by atoms with Gasteiger partial charge in [0.15, 0.2) is 0 Å². The fraction of sp³-hybridized carbons (Fsp3) is 0.333. The highest BCUT2D eigenvalue weighted by molar-refractivity contribution is 7.88. The van der Waals surface area contributed by atoms with E-state index in [1.807, 2.05) is 35.8 Å². The molecule has 0 spiro atoms. The van der Waals surface area contributed by atoms with E-state index in [0.717, 1.165) is 5.56 Å². The lowest BCUT2D eigenvalue weighted by Crippen LogP contribution is -2.35. The molecular weight excluding hydrogens is 323 g/mol. The topological polar surface area (TPSA) is 49.4 Å². The molecule has 0 saturated heterocycles. The number of rotatable bonds is 7. The van der Waals surface area contributed by atoms with Crippen molar-refractivity contribution in [3.63, 3.8) is 0 Å². The Morgan fingerprint density at radius 3 is 2.45 bits per heavy atom. The zero-order chi connectivity index (χ0) is 16.2. The largest absolute Gasteiger partial charge is 0.301 e. The Kier molecular flexibility index (Phi) is 5.69. The Labute approximate surface area is 134 Å². The zero-order valence-corrected chi connectivity index (χ0v) is 14.1. The minimum atomic E-state index is -3.46. The molecule has 0 aliphatic heterocycles. The maximum atomic E-state index is 12.8. The van der Waals surface area contributed by atoms with Crippen LogP contribution in [0.5, 0.6) is 0 Å². The predicted octanol–water partition coefficient (Wildman–Crippen LogP) is 2.61. The smallest absolute Gasteiger partial charge is 0.215 e. The zero-order valence-electron chi connectivity index (χ0n) is 12.5. The molecular formula is C15H19FN2O2S2. The van der Waals surface area contributed by atoms with Gasteiger partial charge in [-0.2, -0.15) is 11.3 Å². The van der Waals surface area contributed by atoms with Crippen molar-refractivity contribution in [1.82, 2.24) is 9.62 Å². The lowest BCUT2D eigenvalue weighted by molar-refractivity contribution is 0.300. The summed E-state index contributed by atoms with van der Waals surface area (Å²) >= 11 is 1.58. The SMILES string of the molecule is CN(C)[C@H](CNS(=O)(=O)Cc1ccc(F)cc1)c1ccsc1. The van der Waals surface area contributed by atoms with Crippen LogP contribution in [0.3, 0.4) is 0 Å². The number of nitrogens with zero attached hydrogens (tertiary/aromatic N) is 1. The molecule has 1 heterocycles. The number of benzene rings is 1. The second-order valence-electron chi connectivity index (χ2n) is 5.27. The molecule has 0 bridgehead atoms. The van der Waals surface area contributed by atoms with Crippen molar-refractivity contribution in [2.24, 2.45) is 0 Å². The molecule has 0 aliphatic carbocycles. The Morgan fingerprint density at radius 1 is 1.23 bits per heavy atom. The molecule has 4 nitrogen and oxygen atoms in total. The first-order valence-electron chi connectivity index (χ1n) is 6.78. The van der Waals surface area contributed by atoms with Gasteiger partial charge in [-0.3, -0.25) is 0 Å². The van der Waals surface area contributed by atoms with Crippen LogP contribution >= 0.6 is 11.3 Å². The molecule has 1 aromatic heterocycles. The molecule has 0 unspecified atom stereocenters. The predicted molar refractivity (Wildman–Crippen MR) is 87.8 cm³/mol. The first-order chi connectivity index (χ1) is 10.4. The van der Waals surface area contributed by atoms with Crippen LogP contribution in [0.2, 0.25) is 0 Å². The number of hydrogen-bond acceptors (Lipinski definition) is 4. The molecule has 0 saturated carbocycles. The summed E-state index contributed by atoms with van der Waals surface area (Å²) < 4.78 is 39.8. The third-order valence-corrected chi connectivity index (χ3v) is 5.34. The molecule has 0 amide bonds. The van der Waals surface area contributed by atoms with Crippen molar-refractivity contribution in [1.29, 1.82) is 0 Å². The van der Waals surface area contributed by atoms with E-state index < -0.39 is 10.0 Å². The van der Waals surface area contributed by atoms with Gasteiger partial charge in [-0.15, -0.1) is 0 Å². The van der Waals surface area contributed by atoms with Crippen LogP contribution in [-0.4, -0.2) is 34.0 Å². The quantitative estimate of drug-likeness (QED) is 0.841. The highest BCUT2D eigenvalue weighted by Crippen LogP contribution is 2.20. The minimum absolute atomic E-state index is 0.0192. The monoisotopic (exact) mass is 342 g/mol. The van der Waals surface area contributed by atoms with Crippen LogP contribution < -0.4 is 4.72 Å². The van der Waals surface area contributed by atoms with E-state index in [0.29, 0.717) is 12.1 Å². The van der Waals surface area contributed by atoms with E-state index in [9.17, 15) is 12.8 Å². The van der Waals surface area contributed by atoms with Crippen LogP contribution in [0.4, 0.5) is 4.39 Å². The van der Waals surface area contributed by atoms with Gasteiger partial charge < -0.3 is 4.90 Å². The molecule has 7 heteroatoms. The number of hydrogen-bond donors (Lipinski definition) is 1. The minimum Gasteiger partial charge on any atom is -0.301 e. The number of sulfonamides is 1. The molecule has 120 valence electrons. The van der Waals surface area contributed by atoms with Crippen molar-refractivity contribution in [3.05, 3.63) is 58.0 Å². The van der Waals surface area contributed by atoms with Gasteiger partial charge in [-0.05, 0) is 54.2 Å². The van der Waals surface area contributed by atoms with Crippen molar-refractivity contribution in [2.45, 2.75) is 11.8 Å². The standard InChI is InChI=1S/C15H19FN2O2S2/c1-18(2)15(13-7-8-21-10-13)9-17-22(19,20)11-12-3-5-14(16)6-4-12/h3-8,10,15,17H,9,11H2,1-2H3/t15-/m1/s1. The molecule has 0 aliphatic rings. The van der Waals surface area contributed by atoms with Crippen LogP contribution in [-0.2, 0) is 15.8 Å². The summed E-state index contributed by atoms with van der Waals surface area (Å²) in [7, 11) is 0.364. The fourth-order valence-corrected chi connectivity index (χ4v) is 3.97. The number of nitrogens with one attached hydrogen (secondary N) is 1. The van der Waals surface area contributed by atoms with E-state index >= 15 is 0 Å². The Hall–Kier alpha value is -1.28. The summed E-state index contributed by atoms with van der Waals surface area (Å²) in [6, 6.07) is 7.46. The van der Waals surface area contributed by atoms with Crippen LogP contribution in [0.1, 0.15) is 17.2 Å². The number of thiophene rings is 1. The first-order valence-corrected chi connectivity index (χ1v) is 9.37. The van der Waals surface area contributed by atoms with Gasteiger partial charge in [-0.25, -0.2) is 17.5 Å². The van der Waals surface area contributed by atoms with Gasteiger partial charge >= 0.3 is 0 Å². The highest BCUT2D eigenvalue weighted by Gasteiger charge is 2.18. The third-order valence-electron chi connectivity index (χ3n) is 3.32. The summed E-state index contributed by atoms with van der Waals surface area (Å²) in [6.07, 6.45) is 0. The van der Waals surface area contributed by atoms with Gasteiger partial charge in [0, 0.05) is 12.6 Å². The summed E-state index contributed by atoms with van der Waals surface area (Å²) in [5.41, 5.74) is 1.64. The van der Waals surface area contributed by atoms with Gasteiger partial charge in [0.2, 0.25) is 10.0 Å². The lowest BCUT2D eigenvalue weighted by atomic mass is 10.1. The van der Waals surface area contributed by atoms with Gasteiger partial charge in [0.25, 0.3) is 0 Å². The summed E-state index contributed by atoms with van der Waals surface area (Å²) in [5, 5.41) is 3.98. The van der Waals surface area contributed by atoms with Crippen molar-refractivity contribution >= 4 is 21.4 Å². The van der Waals surface area contributed by atoms with E-state index in [4.69, 9.17) is 0 Å². The molecule has 1 N–H and O–H groups in total. The Bertz CT molecular complexity index is 683. The van der Waals surface area contributed by atoms with Gasteiger partial charge in [0.05, 0.1) is 5.75 Å². The summed E-state index contributed by atoms with van der Waals surface area (Å²) in [4.78, 5) is 1.97. The molecule has 22 heavy (non-hydrogen) atoms. The maximum absolute atomic E-state index is 12.8. The second-order valence-corrected chi connectivity index (χ2v) is 7.86. The normalized spacial score (nSPS) is 13.5. The molecule has 1 aromatic carbocycles. The van der Waals surface area contributed by atoms with Gasteiger partial charge in [-0.1, -0.05) is 12.1 Å². The molecule has 0 fully saturated rings. The summed E-state index contributed by atoms with van der Waals surface area (Å²) in [5.74, 6) is -0.531. The molecule has 1 atom stereocenters. The van der Waals surface area contributed by atoms with E-state index in [-0.39, 0.29) is 17.6 Å². The van der Waals surface area contributed by atoms with Gasteiger partial charge in [0.1, 0.15) is 5.82 Å². The second kappa shape index (κ2) is 7.32. The fourth-order valence-electron chi connectivity index (χ4n) is 2.12. The van der Waals surface area contributed by atoms with E-state index in [1.54, 1.807) is 11.3 Å². The molecule has 2 aromatic rings. The van der Waals surface area contributed by atoms with Crippen LogP contribution in [0.25, 0.3) is 0 Å². The van der Waals surface area contributed by atoms with Crippen molar-refractivity contribution in [3.8, 4) is 0 Å². The molecule has 0 radical (unpaired) electrons. The first kappa shape index (κ1) is 17.1. The number of likely N-dealkylation sites (N-methyl/N-ethyl adjacent to an activating group) is 1. The average molecular weight is 342 g/mol. The average Bonchev–Trinajstić information content (AvgIpc) is 2.95. The Balaban J connectivity index is 2.00. The van der Waals surface area contributed by atoms with Crippen LogP contribution in [0.15, 0.2) is 41.1 Å². The van der Waals surface area contributed by atoms with Crippen molar-refractivity contribution in [2.75, 3.05) is 20.6 Å². The van der Waals surface area contributed by atoms with E-state index in [2.05, 4.69) is 4.72 Å². The highest BCUT2D eigenvalue weighted by atomic mass is 32.2. The third kappa shape index (κ3) is 4.88. The maximum Gasteiger partial charge on any atom is 0.215 e. The summed E-state index contributed by atoms with van der Waals surface area (Å²) in [6.45, 7) is 0.299. The van der Waals surface area contributed by atoms with Crippen LogP contribution in [0, 0.1) is 5.82 Å². The molecule has 2 rings (SSSR count). The van der Waals surface area contributed by atoms with E-state index in [1.165, 1.54) is 24.3 Å². The lowest BCUT2D eigenvalue weighted by Gasteiger charge is -2.24. The van der Waals surface area contributed by atoms with Crippen molar-refractivity contribution < 1.29 is 12.8 Å². The Morgan fingerprint density at radius 2 is 1.91 bits per heavy atom. The number of halogens is 1.